The standard InChI is InChI=1S/C30H26N6O2S2/c37-25-17-22(21-10-5-2-6-11-21)16-24-23(25)18-31-29(32-24)33-27(38)19-40-30-35-34-28(26-12-7-15-39-26)36(30)14-13-20-8-3-1-4-9-20/h1-12,15,18,22H,13-14,16-17,19H2,(H,31,32,33,38). The van der Waals surface area contributed by atoms with Gasteiger partial charge in [0.25, 0.3) is 0 Å². The van der Waals surface area contributed by atoms with Gasteiger partial charge in [-0.2, -0.15) is 0 Å². The van der Waals surface area contributed by atoms with Gasteiger partial charge in [-0.15, -0.1) is 21.5 Å². The molecule has 0 saturated heterocycles. The Morgan fingerprint density at radius 2 is 1.80 bits per heavy atom. The Kier molecular flexibility index (Phi) is 7.78. The molecular formula is C30H26N6O2S2. The second-order valence-electron chi connectivity index (χ2n) is 9.50. The van der Waals surface area contributed by atoms with Crippen LogP contribution in [0, 0.1) is 0 Å². The van der Waals surface area contributed by atoms with Gasteiger partial charge >= 0.3 is 0 Å². The topological polar surface area (TPSA) is 103 Å². The van der Waals surface area contributed by atoms with Gasteiger partial charge in [0.05, 0.1) is 21.9 Å². The number of hydrogen-bond donors (Lipinski definition) is 1. The summed E-state index contributed by atoms with van der Waals surface area (Å²) in [6, 6.07) is 24.3. The number of carbonyl (C=O) groups is 2. The van der Waals surface area contributed by atoms with E-state index in [-0.39, 0.29) is 29.3 Å². The number of thioether (sulfide) groups is 1. The summed E-state index contributed by atoms with van der Waals surface area (Å²) in [7, 11) is 0. The van der Waals surface area contributed by atoms with Crippen LogP contribution in [0.1, 0.15) is 39.5 Å². The monoisotopic (exact) mass is 566 g/mol. The van der Waals surface area contributed by atoms with Crippen molar-refractivity contribution >= 4 is 40.7 Å². The summed E-state index contributed by atoms with van der Waals surface area (Å²) in [6.07, 6.45) is 3.41. The van der Waals surface area contributed by atoms with Gasteiger partial charge in [0.2, 0.25) is 11.9 Å². The van der Waals surface area contributed by atoms with Crippen molar-refractivity contribution in [2.24, 2.45) is 0 Å². The van der Waals surface area contributed by atoms with Crippen LogP contribution in [0.25, 0.3) is 10.7 Å². The molecule has 0 bridgehead atoms. The minimum atomic E-state index is -0.248. The van der Waals surface area contributed by atoms with Crippen molar-refractivity contribution in [3.63, 3.8) is 0 Å². The molecule has 3 heterocycles. The smallest absolute Gasteiger partial charge is 0.237 e. The van der Waals surface area contributed by atoms with Gasteiger partial charge in [-0.25, -0.2) is 9.97 Å². The summed E-state index contributed by atoms with van der Waals surface area (Å²) in [5.41, 5.74) is 3.54. The van der Waals surface area contributed by atoms with E-state index in [0.717, 1.165) is 22.7 Å². The first-order valence-electron chi connectivity index (χ1n) is 13.0. The molecule has 6 rings (SSSR count). The molecule has 1 N–H and O–H groups in total. The number of thiophene rings is 1. The molecule has 1 atom stereocenters. The van der Waals surface area contributed by atoms with E-state index in [9.17, 15) is 9.59 Å². The van der Waals surface area contributed by atoms with Crippen molar-refractivity contribution in [2.75, 3.05) is 11.1 Å². The van der Waals surface area contributed by atoms with Crippen LogP contribution < -0.4 is 5.32 Å². The Morgan fingerprint density at radius 1 is 1.00 bits per heavy atom. The van der Waals surface area contributed by atoms with Crippen molar-refractivity contribution in [1.29, 1.82) is 0 Å². The molecule has 8 nitrogen and oxygen atoms in total. The largest absolute Gasteiger partial charge is 0.301 e. The summed E-state index contributed by atoms with van der Waals surface area (Å²) in [4.78, 5) is 35.5. The summed E-state index contributed by atoms with van der Waals surface area (Å²) < 4.78 is 2.07. The Morgan fingerprint density at radius 3 is 2.58 bits per heavy atom. The van der Waals surface area contributed by atoms with Crippen LogP contribution in [0.2, 0.25) is 0 Å². The van der Waals surface area contributed by atoms with Gasteiger partial charge in [-0.1, -0.05) is 78.5 Å². The summed E-state index contributed by atoms with van der Waals surface area (Å²) in [5, 5.41) is 14.3. The van der Waals surface area contributed by atoms with E-state index in [0.29, 0.717) is 35.8 Å². The zero-order valence-electron chi connectivity index (χ0n) is 21.6. The van der Waals surface area contributed by atoms with Gasteiger partial charge in [0.1, 0.15) is 0 Å². The van der Waals surface area contributed by atoms with E-state index >= 15 is 0 Å². The quantitative estimate of drug-likeness (QED) is 0.229. The van der Waals surface area contributed by atoms with E-state index in [2.05, 4.69) is 42.2 Å². The minimum Gasteiger partial charge on any atom is -0.301 e. The number of ketones is 1. The summed E-state index contributed by atoms with van der Waals surface area (Å²) in [6.45, 7) is 0.693. The first kappa shape index (κ1) is 26.1. The lowest BCUT2D eigenvalue weighted by molar-refractivity contribution is -0.113. The summed E-state index contributed by atoms with van der Waals surface area (Å²) >= 11 is 2.94. The van der Waals surface area contributed by atoms with Crippen LogP contribution in [0.3, 0.4) is 0 Å². The molecule has 0 saturated carbocycles. The van der Waals surface area contributed by atoms with E-state index in [1.807, 2.05) is 66.0 Å². The van der Waals surface area contributed by atoms with Crippen molar-refractivity contribution in [3.05, 3.63) is 107 Å². The maximum absolute atomic E-state index is 12.9. The van der Waals surface area contributed by atoms with Crippen molar-refractivity contribution < 1.29 is 9.59 Å². The SMILES string of the molecule is O=C(CSc1nnc(-c2cccs2)n1CCc1ccccc1)Nc1ncc2c(n1)CC(c1ccccc1)CC2=O. The second kappa shape index (κ2) is 11.9. The van der Waals surface area contributed by atoms with Gasteiger partial charge in [-0.05, 0) is 41.3 Å². The fraction of sp³-hybridized carbons (Fsp3) is 0.200. The maximum Gasteiger partial charge on any atom is 0.237 e. The highest BCUT2D eigenvalue weighted by Gasteiger charge is 2.28. The molecule has 1 amide bonds. The van der Waals surface area contributed by atoms with E-state index in [4.69, 9.17) is 0 Å². The number of Topliss-reactive ketones (excluding diaryl/α,β-unsaturated/α-hetero) is 1. The number of nitrogens with one attached hydrogen (secondary N) is 1. The highest BCUT2D eigenvalue weighted by Crippen LogP contribution is 2.32. The molecule has 1 aliphatic carbocycles. The lowest BCUT2D eigenvalue weighted by Gasteiger charge is -2.23. The van der Waals surface area contributed by atoms with Crippen molar-refractivity contribution in [1.82, 2.24) is 24.7 Å². The fourth-order valence-corrected chi connectivity index (χ4v) is 6.31. The average molecular weight is 567 g/mol. The summed E-state index contributed by atoms with van der Waals surface area (Å²) in [5.74, 6) is 0.969. The molecule has 0 aliphatic heterocycles. The number of aromatic nitrogens is 5. The van der Waals surface area contributed by atoms with Crippen molar-refractivity contribution in [3.8, 4) is 10.7 Å². The molecule has 2 aromatic carbocycles. The number of anilines is 1. The van der Waals surface area contributed by atoms with Crippen LogP contribution >= 0.6 is 23.1 Å². The highest BCUT2D eigenvalue weighted by atomic mass is 32.2. The minimum absolute atomic E-state index is 0.0277. The third kappa shape index (κ3) is 5.88. The molecule has 1 unspecified atom stereocenters. The zero-order chi connectivity index (χ0) is 27.3. The van der Waals surface area contributed by atoms with Crippen LogP contribution in [0.5, 0.6) is 0 Å². The van der Waals surface area contributed by atoms with Gasteiger partial charge < -0.3 is 4.57 Å². The number of amides is 1. The predicted octanol–water partition coefficient (Wildman–Crippen LogP) is 5.68. The molecule has 0 fully saturated rings. The van der Waals surface area contributed by atoms with E-state index in [1.54, 1.807) is 11.3 Å². The fourth-order valence-electron chi connectivity index (χ4n) is 4.83. The zero-order valence-corrected chi connectivity index (χ0v) is 23.2. The van der Waals surface area contributed by atoms with E-state index < -0.39 is 0 Å². The van der Waals surface area contributed by atoms with Crippen LogP contribution in [-0.2, 0) is 24.2 Å². The molecular weight excluding hydrogens is 541 g/mol. The number of aryl methyl sites for hydroxylation is 1. The van der Waals surface area contributed by atoms with Crippen LogP contribution in [-0.4, -0.2) is 42.2 Å². The second-order valence-corrected chi connectivity index (χ2v) is 11.4. The lowest BCUT2D eigenvalue weighted by Crippen LogP contribution is -2.23. The molecule has 10 heteroatoms. The number of hydrogen-bond acceptors (Lipinski definition) is 8. The predicted molar refractivity (Wildman–Crippen MR) is 157 cm³/mol. The number of benzene rings is 2. The molecule has 0 spiro atoms. The number of nitrogens with zero attached hydrogens (tertiary/aromatic N) is 5. The Bertz CT molecular complexity index is 1620. The number of fused-ring (bicyclic) bond motifs is 1. The highest BCUT2D eigenvalue weighted by molar-refractivity contribution is 7.99. The first-order valence-corrected chi connectivity index (χ1v) is 14.9. The van der Waals surface area contributed by atoms with Gasteiger partial charge in [-0.3, -0.25) is 14.9 Å². The van der Waals surface area contributed by atoms with E-state index in [1.165, 1.54) is 23.5 Å². The lowest BCUT2D eigenvalue weighted by atomic mass is 9.82. The Hall–Kier alpha value is -4.15. The molecule has 40 heavy (non-hydrogen) atoms. The van der Waals surface area contributed by atoms with Crippen LogP contribution in [0.15, 0.2) is 89.5 Å². The van der Waals surface area contributed by atoms with Crippen molar-refractivity contribution in [2.45, 2.75) is 36.9 Å². The Labute approximate surface area is 239 Å². The van der Waals surface area contributed by atoms with Gasteiger partial charge in [0, 0.05) is 19.2 Å². The van der Waals surface area contributed by atoms with Gasteiger partial charge in [0.15, 0.2) is 16.8 Å². The molecule has 3 aromatic heterocycles. The molecule has 0 radical (unpaired) electrons. The molecule has 1 aliphatic rings. The maximum atomic E-state index is 12.9. The third-order valence-corrected chi connectivity index (χ3v) is 8.65. The number of rotatable bonds is 9. The third-order valence-electron chi connectivity index (χ3n) is 6.82. The molecule has 200 valence electrons. The average Bonchev–Trinajstić information content (AvgIpc) is 3.66. The van der Waals surface area contributed by atoms with Crippen LogP contribution in [0.4, 0.5) is 5.95 Å². The first-order chi connectivity index (χ1) is 19.6. The number of carbonyl (C=O) groups excluding carboxylic acids is 2. The normalized spacial score (nSPS) is 14.6. The Balaban J connectivity index is 1.13. The molecule has 5 aromatic rings.